The van der Waals surface area contributed by atoms with E-state index >= 15 is 0 Å². The van der Waals surface area contributed by atoms with Gasteiger partial charge in [-0.3, -0.25) is 24.1 Å². The fourth-order valence-corrected chi connectivity index (χ4v) is 9.82. The van der Waals surface area contributed by atoms with E-state index in [0.717, 1.165) is 0 Å². The van der Waals surface area contributed by atoms with Crippen molar-refractivity contribution in [1.82, 2.24) is 4.90 Å². The predicted octanol–water partition coefficient (Wildman–Crippen LogP) is 2.57. The summed E-state index contributed by atoms with van der Waals surface area (Å²) in [6.45, 7) is 9.17. The Morgan fingerprint density at radius 1 is 0.897 bits per heavy atom. The van der Waals surface area contributed by atoms with Gasteiger partial charge in [0.25, 0.3) is 0 Å². The van der Waals surface area contributed by atoms with Crippen LogP contribution in [-0.2, 0) is 59.5 Å². The largest absolute Gasteiger partial charge is 0.507 e. The molecule has 0 spiro atoms. The number of phenols is 2. The van der Waals surface area contributed by atoms with Crippen LogP contribution < -0.4 is 4.74 Å². The first kappa shape index (κ1) is 41.9. The number of ketones is 2. The van der Waals surface area contributed by atoms with Gasteiger partial charge in [0.1, 0.15) is 40.7 Å². The predicted molar refractivity (Wildman–Crippen MR) is 199 cm³/mol. The van der Waals surface area contributed by atoms with Gasteiger partial charge in [0, 0.05) is 64.7 Å². The summed E-state index contributed by atoms with van der Waals surface area (Å²) in [6, 6.07) is 1.82. The lowest BCUT2D eigenvalue weighted by Gasteiger charge is -2.55. The van der Waals surface area contributed by atoms with Crippen molar-refractivity contribution in [3.8, 4) is 17.2 Å². The second-order valence-electron chi connectivity index (χ2n) is 16.6. The Balaban J connectivity index is 1.36. The van der Waals surface area contributed by atoms with Gasteiger partial charge < -0.3 is 58.0 Å². The first-order valence-electron chi connectivity index (χ1n) is 19.0. The zero-order valence-corrected chi connectivity index (χ0v) is 34.4. The molecule has 12 atom stereocenters. The highest BCUT2D eigenvalue weighted by Gasteiger charge is 2.63. The molecule has 3 aliphatic heterocycles. The normalized spacial score (nSPS) is 36.3. The van der Waals surface area contributed by atoms with E-state index in [1.54, 1.807) is 46.7 Å². The monoisotopic (exact) mass is 813 g/mol. The van der Waals surface area contributed by atoms with Crippen LogP contribution in [0.4, 0.5) is 0 Å². The number of likely N-dealkylation sites (N-methyl/N-ethyl adjacent to an activating group) is 1. The molecule has 17 heteroatoms. The number of esters is 2. The van der Waals surface area contributed by atoms with Crippen molar-refractivity contribution >= 4 is 23.5 Å². The minimum Gasteiger partial charge on any atom is -0.507 e. The average Bonchev–Trinajstić information content (AvgIpc) is 3.11. The lowest BCUT2D eigenvalue weighted by molar-refractivity contribution is -0.345. The first-order valence-corrected chi connectivity index (χ1v) is 19.0. The van der Waals surface area contributed by atoms with Crippen LogP contribution in [-0.4, -0.2) is 139 Å². The molecule has 7 rings (SSSR count). The first-order chi connectivity index (χ1) is 27.1. The molecule has 3 heterocycles. The zero-order chi connectivity index (χ0) is 42.5. The van der Waals surface area contributed by atoms with Crippen molar-refractivity contribution in [2.45, 2.75) is 126 Å². The molecular weight excluding hydrogens is 762 g/mol. The molecule has 3 N–H and O–H groups in total. The van der Waals surface area contributed by atoms with Crippen LogP contribution >= 0.6 is 0 Å². The summed E-state index contributed by atoms with van der Waals surface area (Å²) >= 11 is 0. The summed E-state index contributed by atoms with van der Waals surface area (Å²) in [5.74, 6) is -4.38. The van der Waals surface area contributed by atoms with E-state index < -0.39 is 113 Å². The SMILES string of the molecule is CO[C@@H]1[C@H](C)O[C@@H](O[C@H]2C[C@@](C)(O)Cc3cc4c(c(O)c32)C(=O)c2c(O)cc3c(c2C4=O)O[C@H]2O[C@@]3(C)[C@H](OC(C)=O)[C@@H](N(C)C)[C@@H]2OC(C)=O)[C@H](OC)[C@]1(C)OC. The Labute approximate surface area is 335 Å². The average molecular weight is 814 g/mol. The van der Waals surface area contributed by atoms with Gasteiger partial charge in [-0.2, -0.15) is 0 Å². The number of carbonyl (C=O) groups is 4. The van der Waals surface area contributed by atoms with Gasteiger partial charge in [-0.05, 0) is 59.5 Å². The molecule has 2 aromatic carbocycles. The summed E-state index contributed by atoms with van der Waals surface area (Å²) in [5, 5.41) is 35.3. The highest BCUT2D eigenvalue weighted by molar-refractivity contribution is 6.31. The molecule has 0 radical (unpaired) electrons. The molecule has 58 heavy (non-hydrogen) atoms. The van der Waals surface area contributed by atoms with Crippen LogP contribution in [0.2, 0.25) is 0 Å². The smallest absolute Gasteiger partial charge is 0.303 e. The van der Waals surface area contributed by atoms with Crippen molar-refractivity contribution in [2.75, 3.05) is 35.4 Å². The zero-order valence-electron chi connectivity index (χ0n) is 34.4. The molecule has 2 aliphatic carbocycles. The number of benzene rings is 2. The third-order valence-corrected chi connectivity index (χ3v) is 12.3. The minimum absolute atomic E-state index is 0.0305. The van der Waals surface area contributed by atoms with E-state index in [2.05, 4.69) is 0 Å². The maximum absolute atomic E-state index is 14.8. The van der Waals surface area contributed by atoms with Crippen LogP contribution in [0.3, 0.4) is 0 Å². The van der Waals surface area contributed by atoms with Crippen LogP contribution in [0.15, 0.2) is 12.1 Å². The lowest BCUT2D eigenvalue weighted by atomic mass is 9.72. The Morgan fingerprint density at radius 3 is 2.14 bits per heavy atom. The third kappa shape index (κ3) is 6.29. The van der Waals surface area contributed by atoms with Gasteiger partial charge in [0.05, 0.1) is 40.5 Å². The van der Waals surface area contributed by atoms with Gasteiger partial charge in [-0.25, -0.2) is 0 Å². The lowest BCUT2D eigenvalue weighted by Crippen LogP contribution is -2.70. The molecule has 2 fully saturated rings. The highest BCUT2D eigenvalue weighted by atomic mass is 16.7. The number of aromatic hydroxyl groups is 2. The molecule has 0 aromatic heterocycles. The highest BCUT2D eigenvalue weighted by Crippen LogP contribution is 2.56. The van der Waals surface area contributed by atoms with Crippen LogP contribution in [0.5, 0.6) is 17.2 Å². The molecule has 0 unspecified atom stereocenters. The van der Waals surface area contributed by atoms with Gasteiger partial charge in [-0.15, -0.1) is 0 Å². The maximum atomic E-state index is 14.8. The van der Waals surface area contributed by atoms with Crippen LogP contribution in [0.25, 0.3) is 0 Å². The Hall–Kier alpha value is -4.20. The number of fused-ring (bicyclic) bond motifs is 8. The van der Waals surface area contributed by atoms with Crippen molar-refractivity contribution < 1.29 is 77.1 Å². The number of hydrogen-bond acceptors (Lipinski definition) is 17. The number of ether oxygens (including phenoxy) is 9. The van der Waals surface area contributed by atoms with Crippen LogP contribution in [0, 0.1) is 0 Å². The fourth-order valence-electron chi connectivity index (χ4n) is 9.82. The number of nitrogens with zero attached hydrogens (tertiary/aromatic N) is 1. The summed E-state index contributed by atoms with van der Waals surface area (Å²) in [7, 11) is 7.89. The molecule has 5 aliphatic rings. The summed E-state index contributed by atoms with van der Waals surface area (Å²) in [5.41, 5.74) is -4.87. The molecule has 0 amide bonds. The number of aliphatic hydroxyl groups is 1. The van der Waals surface area contributed by atoms with E-state index in [4.69, 9.17) is 42.6 Å². The van der Waals surface area contributed by atoms with Gasteiger partial charge in [-0.1, -0.05) is 0 Å². The standard InChI is InChI=1S/C41H51NO16/c1-16-34(50-9)41(6,52-11)36(51-10)38(53-16)56-23-15-39(4,49)14-19-12-20-25(30(47)24(19)23)31(48)26-22(45)13-21-32(27(26)29(20)46)57-37-33(54-17(2)43)28(42(7)8)35(55-18(3)44)40(21,5)58-37/h12-13,16,23,28,33-38,45,47,49H,14-15H2,1-11H3/t16-,23-,28-,33-,34+,35+,36-,37-,38-,39-,40+,41+/m0/s1. The number of phenolic OH excluding ortho intramolecular Hbond substituents is 2. The summed E-state index contributed by atoms with van der Waals surface area (Å²) < 4.78 is 54.5. The van der Waals surface area contributed by atoms with Gasteiger partial charge in [0.2, 0.25) is 12.1 Å². The van der Waals surface area contributed by atoms with Crippen LogP contribution in [0.1, 0.15) is 103 Å². The number of hydrogen-bond donors (Lipinski definition) is 3. The Kier molecular flexibility index (Phi) is 10.5. The second kappa shape index (κ2) is 14.5. The molecule has 2 saturated heterocycles. The number of methoxy groups -OCH3 is 3. The van der Waals surface area contributed by atoms with E-state index in [-0.39, 0.29) is 46.4 Å². The second-order valence-corrected chi connectivity index (χ2v) is 16.6. The minimum atomic E-state index is -1.60. The third-order valence-electron chi connectivity index (χ3n) is 12.3. The molecule has 2 bridgehead atoms. The topological polar surface area (TPSA) is 215 Å². The van der Waals surface area contributed by atoms with Crippen molar-refractivity contribution in [2.24, 2.45) is 0 Å². The van der Waals surface area contributed by atoms with Crippen molar-refractivity contribution in [1.29, 1.82) is 0 Å². The molecule has 0 saturated carbocycles. The quantitative estimate of drug-likeness (QED) is 0.279. The van der Waals surface area contributed by atoms with Crippen molar-refractivity contribution in [3.05, 3.63) is 51.1 Å². The van der Waals surface area contributed by atoms with E-state index in [0.29, 0.717) is 5.56 Å². The Morgan fingerprint density at radius 2 is 1.55 bits per heavy atom. The van der Waals surface area contributed by atoms with E-state index in [9.17, 15) is 34.5 Å². The van der Waals surface area contributed by atoms with Gasteiger partial charge >= 0.3 is 11.9 Å². The summed E-state index contributed by atoms with van der Waals surface area (Å²) in [6.07, 6.45) is -7.93. The fraction of sp³-hybridized carbons (Fsp3) is 0.610. The number of rotatable bonds is 8. The number of carbonyl (C=O) groups excluding carboxylic acids is 4. The van der Waals surface area contributed by atoms with E-state index in [1.165, 1.54) is 47.3 Å². The summed E-state index contributed by atoms with van der Waals surface area (Å²) in [4.78, 5) is 56.1. The molecule has 17 nitrogen and oxygen atoms in total. The maximum Gasteiger partial charge on any atom is 0.303 e. The van der Waals surface area contributed by atoms with Gasteiger partial charge in [0.15, 0.2) is 24.3 Å². The molecular formula is C41H51NO16. The Bertz CT molecular complexity index is 2060. The molecule has 316 valence electrons. The molecule has 2 aromatic rings. The van der Waals surface area contributed by atoms with E-state index in [1.807, 2.05) is 0 Å². The van der Waals surface area contributed by atoms with Crippen molar-refractivity contribution in [3.63, 3.8) is 0 Å².